The molecule has 3 aromatic heterocycles. The number of alkyl halides is 3. The molecule has 4 heterocycles. The third-order valence-electron chi connectivity index (χ3n) is 9.04. The Morgan fingerprint density at radius 3 is 2.33 bits per heavy atom. The van der Waals surface area contributed by atoms with E-state index < -0.39 is 26.6 Å². The van der Waals surface area contributed by atoms with Gasteiger partial charge in [0.1, 0.15) is 22.5 Å². The molecule has 0 unspecified atom stereocenters. The maximum absolute atomic E-state index is 14.1. The summed E-state index contributed by atoms with van der Waals surface area (Å²) in [5.41, 5.74) is 3.68. The van der Waals surface area contributed by atoms with Crippen molar-refractivity contribution in [3.8, 4) is 28.7 Å². The fourth-order valence-electron chi connectivity index (χ4n) is 6.34. The molecule has 0 saturated heterocycles. The average Bonchev–Trinajstić information content (AvgIpc) is 3.91. The third kappa shape index (κ3) is 4.59. The zero-order valence-electron chi connectivity index (χ0n) is 25.5. The van der Waals surface area contributed by atoms with Crippen LogP contribution in [0.3, 0.4) is 0 Å². The molecule has 1 aliphatic heterocycles. The Labute approximate surface area is 258 Å². The van der Waals surface area contributed by atoms with E-state index in [0.29, 0.717) is 47.1 Å². The summed E-state index contributed by atoms with van der Waals surface area (Å²) >= 11 is 0. The van der Waals surface area contributed by atoms with Gasteiger partial charge in [-0.3, -0.25) is 0 Å². The predicted octanol–water partition coefficient (Wildman–Crippen LogP) is 6.24. The van der Waals surface area contributed by atoms with Crippen LogP contribution in [0.1, 0.15) is 85.1 Å². The second-order valence-electron chi connectivity index (χ2n) is 12.4. The molecule has 4 aromatic rings. The number of benzene rings is 1. The monoisotopic (exact) mass is 639 g/mol. The van der Waals surface area contributed by atoms with E-state index in [-0.39, 0.29) is 24.3 Å². The van der Waals surface area contributed by atoms with Gasteiger partial charge in [0, 0.05) is 35.5 Å². The Kier molecular flexibility index (Phi) is 6.56. The normalized spacial score (nSPS) is 18.1. The number of aromatic nitrogens is 6. The molecule has 2 aliphatic carbocycles. The van der Waals surface area contributed by atoms with Gasteiger partial charge in [0.05, 0.1) is 19.3 Å². The number of fused-ring (bicyclic) bond motifs is 2. The van der Waals surface area contributed by atoms with E-state index in [9.17, 15) is 21.6 Å². The summed E-state index contributed by atoms with van der Waals surface area (Å²) in [4.78, 5) is 22.2. The quantitative estimate of drug-likeness (QED) is 0.234. The number of imidazole rings is 1. The SMILES string of the molecule is COc1ncnc(C2CC2)c1-c1ncc2c(n1)N(Cc1c(C)cc(-c3nc(C(F)(F)F)cn3C(C)C)cc1C)S(=O)(=O)C21CC1. The molecule has 0 amide bonds. The number of rotatable bonds is 7. The number of hydrogen-bond acceptors (Lipinski definition) is 8. The van der Waals surface area contributed by atoms with Crippen molar-refractivity contribution in [1.29, 1.82) is 0 Å². The molecule has 45 heavy (non-hydrogen) atoms. The molecule has 3 aliphatic rings. The van der Waals surface area contributed by atoms with Crippen molar-refractivity contribution in [2.45, 2.75) is 82.8 Å². The molecule has 0 bridgehead atoms. The Bertz CT molecular complexity index is 1940. The van der Waals surface area contributed by atoms with Crippen LogP contribution < -0.4 is 9.04 Å². The van der Waals surface area contributed by atoms with Gasteiger partial charge in [-0.15, -0.1) is 0 Å². The molecule has 7 rings (SSSR count). The number of aryl methyl sites for hydroxylation is 2. The topological polar surface area (TPSA) is 116 Å². The van der Waals surface area contributed by atoms with Crippen LogP contribution in [0.4, 0.5) is 19.0 Å². The lowest BCUT2D eigenvalue weighted by Gasteiger charge is -2.22. The second-order valence-corrected chi connectivity index (χ2v) is 14.6. The molecule has 0 radical (unpaired) electrons. The van der Waals surface area contributed by atoms with E-state index >= 15 is 0 Å². The maximum atomic E-state index is 14.1. The van der Waals surface area contributed by atoms with Crippen LogP contribution in [0.15, 0.2) is 30.9 Å². The van der Waals surface area contributed by atoms with E-state index in [0.717, 1.165) is 41.4 Å². The van der Waals surface area contributed by atoms with Crippen molar-refractivity contribution in [2.24, 2.45) is 0 Å². The van der Waals surface area contributed by atoms with Gasteiger partial charge < -0.3 is 9.30 Å². The minimum absolute atomic E-state index is 0.00973. The van der Waals surface area contributed by atoms with Gasteiger partial charge in [0.2, 0.25) is 15.9 Å². The van der Waals surface area contributed by atoms with Gasteiger partial charge in [0.15, 0.2) is 17.3 Å². The summed E-state index contributed by atoms with van der Waals surface area (Å²) in [5.74, 6) is 1.39. The Hall–Kier alpha value is -4.07. The van der Waals surface area contributed by atoms with Crippen LogP contribution in [-0.4, -0.2) is 45.0 Å². The van der Waals surface area contributed by atoms with E-state index in [1.54, 1.807) is 32.2 Å². The van der Waals surface area contributed by atoms with Crippen LogP contribution in [-0.2, 0) is 27.5 Å². The molecular formula is C31H32F3N7O3S. The zero-order valence-corrected chi connectivity index (χ0v) is 26.3. The van der Waals surface area contributed by atoms with Crippen LogP contribution in [0, 0.1) is 13.8 Å². The fraction of sp³-hybridized carbons (Fsp3) is 0.452. The molecule has 236 valence electrons. The number of anilines is 1. The van der Waals surface area contributed by atoms with Gasteiger partial charge in [-0.1, -0.05) is 0 Å². The molecule has 0 atom stereocenters. The lowest BCUT2D eigenvalue weighted by Crippen LogP contribution is -2.32. The highest BCUT2D eigenvalue weighted by molar-refractivity contribution is 7.94. The van der Waals surface area contributed by atoms with Crippen molar-refractivity contribution in [3.63, 3.8) is 0 Å². The Balaban J connectivity index is 1.31. The highest BCUT2D eigenvalue weighted by Gasteiger charge is 2.65. The molecule has 10 nitrogen and oxygen atoms in total. The summed E-state index contributed by atoms with van der Waals surface area (Å²) in [6.45, 7) is 7.26. The number of nitrogens with zero attached hydrogens (tertiary/aromatic N) is 7. The van der Waals surface area contributed by atoms with E-state index in [4.69, 9.17) is 9.72 Å². The van der Waals surface area contributed by atoms with E-state index in [2.05, 4.69) is 19.9 Å². The van der Waals surface area contributed by atoms with E-state index in [1.807, 2.05) is 13.8 Å². The first-order valence-corrected chi connectivity index (χ1v) is 16.3. The average molecular weight is 640 g/mol. The Morgan fingerprint density at radius 1 is 1.07 bits per heavy atom. The molecule has 14 heteroatoms. The van der Waals surface area contributed by atoms with Crippen molar-refractivity contribution < 1.29 is 26.3 Å². The fourth-order valence-corrected chi connectivity index (χ4v) is 8.46. The number of ether oxygens (including phenoxy) is 1. The zero-order chi connectivity index (χ0) is 32.1. The highest BCUT2D eigenvalue weighted by atomic mass is 32.2. The minimum atomic E-state index is -4.58. The number of sulfonamides is 1. The van der Waals surface area contributed by atoms with Crippen LogP contribution in [0.5, 0.6) is 5.88 Å². The second kappa shape index (κ2) is 9.96. The molecule has 2 fully saturated rings. The highest BCUT2D eigenvalue weighted by Crippen LogP contribution is 2.61. The van der Waals surface area contributed by atoms with Gasteiger partial charge in [-0.25, -0.2) is 37.6 Å². The molecular weight excluding hydrogens is 607 g/mol. The molecule has 0 N–H and O–H groups in total. The summed E-state index contributed by atoms with van der Waals surface area (Å²) in [7, 11) is -2.33. The van der Waals surface area contributed by atoms with Crippen molar-refractivity contribution >= 4 is 15.8 Å². The lowest BCUT2D eigenvalue weighted by atomic mass is 9.98. The van der Waals surface area contributed by atoms with Crippen LogP contribution >= 0.6 is 0 Å². The number of halogens is 3. The number of hydrogen-bond donors (Lipinski definition) is 0. The summed E-state index contributed by atoms with van der Waals surface area (Å²) in [5, 5.41) is 0. The van der Waals surface area contributed by atoms with Gasteiger partial charge in [0.25, 0.3) is 0 Å². The third-order valence-corrected chi connectivity index (χ3v) is 11.5. The first-order chi connectivity index (χ1) is 21.3. The van der Waals surface area contributed by atoms with Crippen molar-refractivity contribution in [2.75, 3.05) is 11.4 Å². The lowest BCUT2D eigenvalue weighted by molar-refractivity contribution is -0.140. The summed E-state index contributed by atoms with van der Waals surface area (Å²) in [6, 6.07) is 3.27. The first kappa shape index (κ1) is 29.6. The largest absolute Gasteiger partial charge is 0.480 e. The number of methoxy groups -OCH3 is 1. The summed E-state index contributed by atoms with van der Waals surface area (Å²) < 4.78 is 76.2. The van der Waals surface area contributed by atoms with Gasteiger partial charge in [-0.2, -0.15) is 13.2 Å². The van der Waals surface area contributed by atoms with Crippen molar-refractivity contribution in [3.05, 3.63) is 64.5 Å². The first-order valence-electron chi connectivity index (χ1n) is 14.8. The van der Waals surface area contributed by atoms with Crippen LogP contribution in [0.25, 0.3) is 22.8 Å². The predicted molar refractivity (Wildman–Crippen MR) is 160 cm³/mol. The van der Waals surface area contributed by atoms with Crippen LogP contribution in [0.2, 0.25) is 0 Å². The smallest absolute Gasteiger partial charge is 0.434 e. The molecule has 2 saturated carbocycles. The van der Waals surface area contributed by atoms with E-state index in [1.165, 1.54) is 22.3 Å². The maximum Gasteiger partial charge on any atom is 0.434 e. The molecule has 1 spiro atoms. The Morgan fingerprint density at radius 2 is 1.76 bits per heavy atom. The standard InChI is InChI=1S/C31H32F3N7O3S/c1-16(2)40-14-23(31(32,33)34)38-27(40)20-10-17(3)21(18(4)11-20)13-41-28-22(30(8-9-30)45(41,42)43)12-35-26(39-28)24-25(19-6-7-19)36-15-37-29(24)44-5/h10-12,14-16,19H,6-9,13H2,1-5H3. The summed E-state index contributed by atoms with van der Waals surface area (Å²) in [6.07, 6.45) is 2.41. The van der Waals surface area contributed by atoms with Crippen molar-refractivity contribution in [1.82, 2.24) is 29.5 Å². The molecule has 1 aromatic carbocycles. The van der Waals surface area contributed by atoms with Gasteiger partial charge >= 0.3 is 6.18 Å². The van der Waals surface area contributed by atoms with Gasteiger partial charge in [-0.05, 0) is 82.2 Å². The minimum Gasteiger partial charge on any atom is -0.480 e.